The molecule has 2 aliphatic rings. The molecule has 0 saturated carbocycles. The summed E-state index contributed by atoms with van der Waals surface area (Å²) in [7, 11) is 0. The van der Waals surface area contributed by atoms with Crippen molar-refractivity contribution in [1.29, 1.82) is 0 Å². The van der Waals surface area contributed by atoms with Crippen LogP contribution in [0, 0.1) is 0 Å². The number of rotatable bonds is 41. The maximum absolute atomic E-state index is 13.0. The maximum atomic E-state index is 13.0. The highest BCUT2D eigenvalue weighted by atomic mass is 16.7. The summed E-state index contributed by atoms with van der Waals surface area (Å²) in [5, 5.41) is 72.1. The Kier molecular flexibility index (Phi) is 37.1. The van der Waals surface area contributed by atoms with Gasteiger partial charge in [-0.25, -0.2) is 0 Å². The molecule has 11 atom stereocenters. The molecule has 390 valence electrons. The van der Waals surface area contributed by atoms with E-state index in [2.05, 4.69) is 62.5 Å². The minimum atomic E-state index is -1.71. The summed E-state index contributed by atoms with van der Waals surface area (Å²) >= 11 is 0. The van der Waals surface area contributed by atoms with Crippen LogP contribution in [-0.4, -0.2) is 142 Å². The fourth-order valence-corrected chi connectivity index (χ4v) is 8.10. The van der Waals surface area contributed by atoms with E-state index in [0.29, 0.717) is 13.0 Å². The van der Waals surface area contributed by atoms with Gasteiger partial charge in [0.2, 0.25) is 0 Å². The first kappa shape index (κ1) is 61.1. The molecule has 0 radical (unpaired) electrons. The lowest BCUT2D eigenvalue weighted by Gasteiger charge is -2.42. The summed E-state index contributed by atoms with van der Waals surface area (Å²) in [6.45, 7) is 3.56. The number of carbonyl (C=O) groups is 1. The van der Waals surface area contributed by atoms with Crippen LogP contribution >= 0.6 is 0 Å². The Balaban J connectivity index is 1.71. The molecule has 0 aromatic carbocycles. The van der Waals surface area contributed by atoms with Gasteiger partial charge < -0.3 is 64.2 Å². The molecule has 2 heterocycles. The van der Waals surface area contributed by atoms with Gasteiger partial charge in [-0.2, -0.15) is 0 Å². The standard InChI is InChI=1S/C53H94O14/c1-3-5-7-9-11-13-15-16-17-18-19-20-21-22-23-24-25-26-27-28-30-32-34-36-45(55)65-42(39-62-37-35-33-31-29-14-12-10-8-6-4-2)40-63-52-51(61)49(59)47(57)44(67-52)41-64-53-50(60)48(58)46(56)43(38-54)66-53/h5,7,11,13,16-17,19-20,42-44,46-54,56-61H,3-4,6,8-10,12,14-15,18,21-41H2,1-2H3/b7-5-,13-11-,17-16-,20-19-. The summed E-state index contributed by atoms with van der Waals surface area (Å²) in [5.74, 6) is -0.382. The van der Waals surface area contributed by atoms with E-state index < -0.39 is 80.7 Å². The molecule has 2 saturated heterocycles. The SMILES string of the molecule is CC/C=C\C/C=C\C/C=C\C/C=C\CCCCCCCCCCCCC(=O)OC(COCCCCCCCCCCCC)COC1OC(COC2OC(CO)C(O)C(O)C2O)C(O)C(O)C1O. The third-order valence-electron chi connectivity index (χ3n) is 12.4. The Morgan fingerprint density at radius 2 is 0.970 bits per heavy atom. The first-order valence-corrected chi connectivity index (χ1v) is 26.2. The maximum Gasteiger partial charge on any atom is 0.306 e. The zero-order valence-corrected chi connectivity index (χ0v) is 41.4. The Bertz CT molecular complexity index is 1290. The Hall–Kier alpha value is -2.05. The van der Waals surface area contributed by atoms with Crippen molar-refractivity contribution in [3.63, 3.8) is 0 Å². The molecule has 11 unspecified atom stereocenters. The van der Waals surface area contributed by atoms with Gasteiger partial charge in [0.25, 0.3) is 0 Å². The minimum absolute atomic E-state index is 0.0608. The van der Waals surface area contributed by atoms with Gasteiger partial charge in [-0.3, -0.25) is 4.79 Å². The predicted octanol–water partition coefficient (Wildman–Crippen LogP) is 7.96. The van der Waals surface area contributed by atoms with Crippen LogP contribution in [-0.2, 0) is 33.2 Å². The van der Waals surface area contributed by atoms with Crippen molar-refractivity contribution in [2.24, 2.45) is 0 Å². The molecule has 2 aliphatic heterocycles. The van der Waals surface area contributed by atoms with Gasteiger partial charge >= 0.3 is 5.97 Å². The highest BCUT2D eigenvalue weighted by Crippen LogP contribution is 2.26. The van der Waals surface area contributed by atoms with Crippen LogP contribution < -0.4 is 0 Å². The predicted molar refractivity (Wildman–Crippen MR) is 261 cm³/mol. The number of hydrogen-bond donors (Lipinski definition) is 7. The number of allylic oxidation sites excluding steroid dienone is 8. The van der Waals surface area contributed by atoms with Crippen LogP contribution in [0.3, 0.4) is 0 Å². The number of aliphatic hydroxyl groups excluding tert-OH is 7. The van der Waals surface area contributed by atoms with E-state index in [1.165, 1.54) is 83.5 Å². The van der Waals surface area contributed by atoms with E-state index in [9.17, 15) is 40.5 Å². The van der Waals surface area contributed by atoms with Gasteiger partial charge in [0, 0.05) is 13.0 Å². The van der Waals surface area contributed by atoms with Gasteiger partial charge in [0.05, 0.1) is 26.4 Å². The summed E-state index contributed by atoms with van der Waals surface area (Å²) in [6, 6.07) is 0. The van der Waals surface area contributed by atoms with Crippen LogP contribution in [0.4, 0.5) is 0 Å². The van der Waals surface area contributed by atoms with Crippen LogP contribution in [0.25, 0.3) is 0 Å². The second kappa shape index (κ2) is 40.7. The summed E-state index contributed by atoms with van der Waals surface area (Å²) in [4.78, 5) is 13.0. The molecule has 0 bridgehead atoms. The Morgan fingerprint density at radius 3 is 1.52 bits per heavy atom. The van der Waals surface area contributed by atoms with Crippen LogP contribution in [0.5, 0.6) is 0 Å². The van der Waals surface area contributed by atoms with Crippen molar-refractivity contribution >= 4 is 5.97 Å². The second-order valence-corrected chi connectivity index (χ2v) is 18.3. The fourth-order valence-electron chi connectivity index (χ4n) is 8.10. The normalized spacial score (nSPS) is 26.5. The molecule has 0 aliphatic carbocycles. The van der Waals surface area contributed by atoms with Crippen LogP contribution in [0.2, 0.25) is 0 Å². The van der Waals surface area contributed by atoms with Gasteiger partial charge in [-0.15, -0.1) is 0 Å². The molecular weight excluding hydrogens is 861 g/mol. The molecule has 7 N–H and O–H groups in total. The summed E-state index contributed by atoms with van der Waals surface area (Å²) < 4.78 is 34.2. The number of ether oxygens (including phenoxy) is 6. The van der Waals surface area contributed by atoms with E-state index >= 15 is 0 Å². The summed E-state index contributed by atoms with van der Waals surface area (Å²) in [6.07, 6.45) is 30.3. The molecule has 0 aromatic rings. The van der Waals surface area contributed by atoms with Crippen molar-refractivity contribution in [2.75, 3.05) is 33.0 Å². The smallest absolute Gasteiger partial charge is 0.306 e. The van der Waals surface area contributed by atoms with Gasteiger partial charge in [0.15, 0.2) is 12.6 Å². The van der Waals surface area contributed by atoms with Gasteiger partial charge in [-0.05, 0) is 51.4 Å². The number of aliphatic hydroxyl groups is 7. The van der Waals surface area contributed by atoms with E-state index in [1.807, 2.05) is 0 Å². The molecule has 67 heavy (non-hydrogen) atoms. The number of esters is 1. The zero-order chi connectivity index (χ0) is 48.7. The lowest BCUT2D eigenvalue weighted by Crippen LogP contribution is -2.61. The fraction of sp³-hybridized carbons (Fsp3) is 0.830. The quantitative estimate of drug-likeness (QED) is 0.0176. The van der Waals surface area contributed by atoms with Crippen LogP contribution in [0.15, 0.2) is 48.6 Å². The third kappa shape index (κ3) is 28.4. The zero-order valence-electron chi connectivity index (χ0n) is 41.4. The van der Waals surface area contributed by atoms with E-state index in [4.69, 9.17) is 28.4 Å². The monoisotopic (exact) mass is 955 g/mol. The second-order valence-electron chi connectivity index (χ2n) is 18.3. The molecular formula is C53H94O14. The van der Waals surface area contributed by atoms with Crippen molar-refractivity contribution in [1.82, 2.24) is 0 Å². The average Bonchev–Trinajstić information content (AvgIpc) is 3.32. The van der Waals surface area contributed by atoms with Crippen LogP contribution in [0.1, 0.15) is 181 Å². The van der Waals surface area contributed by atoms with Gasteiger partial charge in [0.1, 0.15) is 54.9 Å². The minimum Gasteiger partial charge on any atom is -0.457 e. The third-order valence-corrected chi connectivity index (χ3v) is 12.4. The summed E-state index contributed by atoms with van der Waals surface area (Å²) in [5.41, 5.74) is 0. The lowest BCUT2D eigenvalue weighted by atomic mass is 9.98. The van der Waals surface area contributed by atoms with E-state index in [1.54, 1.807) is 0 Å². The lowest BCUT2D eigenvalue weighted by molar-refractivity contribution is -0.332. The molecule has 0 spiro atoms. The highest BCUT2D eigenvalue weighted by Gasteiger charge is 2.47. The van der Waals surface area contributed by atoms with Crippen molar-refractivity contribution < 1.29 is 69.0 Å². The average molecular weight is 955 g/mol. The number of hydrogen-bond acceptors (Lipinski definition) is 14. The number of unbranched alkanes of at least 4 members (excludes halogenated alkanes) is 19. The van der Waals surface area contributed by atoms with Gasteiger partial charge in [-0.1, -0.05) is 172 Å². The van der Waals surface area contributed by atoms with E-state index in [-0.39, 0.29) is 25.6 Å². The first-order valence-electron chi connectivity index (χ1n) is 26.2. The molecule has 2 fully saturated rings. The molecule has 0 amide bonds. The highest BCUT2D eigenvalue weighted by molar-refractivity contribution is 5.69. The first-order chi connectivity index (χ1) is 32.6. The van der Waals surface area contributed by atoms with Crippen molar-refractivity contribution in [2.45, 2.75) is 248 Å². The Labute approximate surface area is 403 Å². The van der Waals surface area contributed by atoms with E-state index in [0.717, 1.165) is 70.6 Å². The largest absolute Gasteiger partial charge is 0.457 e. The number of carbonyl (C=O) groups excluding carboxylic acids is 1. The van der Waals surface area contributed by atoms with Crippen molar-refractivity contribution in [3.8, 4) is 0 Å². The molecule has 14 heteroatoms. The molecule has 2 rings (SSSR count). The Morgan fingerprint density at radius 1 is 0.507 bits per heavy atom. The topological polar surface area (TPSA) is 214 Å². The molecule has 14 nitrogen and oxygen atoms in total. The van der Waals surface area contributed by atoms with Crippen molar-refractivity contribution in [3.05, 3.63) is 48.6 Å². The molecule has 0 aromatic heterocycles.